The van der Waals surface area contributed by atoms with Crippen LogP contribution in [0.3, 0.4) is 0 Å². The molecule has 0 spiro atoms. The molecule has 136 valence electrons. The average Bonchev–Trinajstić information content (AvgIpc) is 2.84. The van der Waals surface area contributed by atoms with Crippen molar-refractivity contribution >= 4 is 22.4 Å². The number of nitrogens with one attached hydrogen (secondary N) is 1. The molecule has 1 aromatic carbocycles. The highest BCUT2D eigenvalue weighted by Gasteiger charge is 2.14. The molecule has 0 aliphatic carbocycles. The van der Waals surface area contributed by atoms with Gasteiger partial charge in [0, 0.05) is 29.6 Å². The fourth-order valence-electron chi connectivity index (χ4n) is 2.78. The lowest BCUT2D eigenvalue weighted by molar-refractivity contribution is -0.116. The number of furan rings is 1. The quantitative estimate of drug-likeness (QED) is 0.617. The summed E-state index contributed by atoms with van der Waals surface area (Å²) in [6.45, 7) is 7.52. The van der Waals surface area contributed by atoms with E-state index < -0.39 is 0 Å². The van der Waals surface area contributed by atoms with Crippen LogP contribution in [0, 0.1) is 13.8 Å². The molecule has 0 unspecified atom stereocenters. The van der Waals surface area contributed by atoms with Gasteiger partial charge in [0.2, 0.25) is 5.91 Å². The highest BCUT2D eigenvalue weighted by molar-refractivity contribution is 5.97. The molecule has 1 heterocycles. The molecule has 1 amide bonds. The number of benzene rings is 1. The Hall–Kier alpha value is -2.27. The van der Waals surface area contributed by atoms with E-state index in [1.165, 1.54) is 0 Å². The molecule has 5 heteroatoms. The summed E-state index contributed by atoms with van der Waals surface area (Å²) < 4.78 is 11.3. The fourth-order valence-corrected chi connectivity index (χ4v) is 2.78. The van der Waals surface area contributed by atoms with Crippen LogP contribution in [-0.4, -0.2) is 45.1 Å². The van der Waals surface area contributed by atoms with E-state index in [1.54, 1.807) is 13.2 Å². The molecule has 0 atom stereocenters. The summed E-state index contributed by atoms with van der Waals surface area (Å²) in [5, 5.41) is 3.98. The van der Waals surface area contributed by atoms with Gasteiger partial charge in [-0.1, -0.05) is 0 Å². The monoisotopic (exact) mass is 344 g/mol. The number of fused-ring (bicyclic) bond motifs is 1. The van der Waals surface area contributed by atoms with E-state index >= 15 is 0 Å². The first-order chi connectivity index (χ1) is 11.8. The minimum atomic E-state index is -0.0847. The second-order valence-corrected chi connectivity index (χ2v) is 6.61. The summed E-state index contributed by atoms with van der Waals surface area (Å²) in [4.78, 5) is 14.2. The van der Waals surface area contributed by atoms with E-state index in [4.69, 9.17) is 9.15 Å². The van der Waals surface area contributed by atoms with Crippen molar-refractivity contribution in [1.29, 1.82) is 0 Å². The van der Waals surface area contributed by atoms with Crippen molar-refractivity contribution in [1.82, 2.24) is 10.2 Å². The van der Waals surface area contributed by atoms with Crippen LogP contribution in [0.2, 0.25) is 0 Å². The predicted molar refractivity (Wildman–Crippen MR) is 102 cm³/mol. The van der Waals surface area contributed by atoms with E-state index in [9.17, 15) is 4.79 Å². The zero-order chi connectivity index (χ0) is 18.6. The summed E-state index contributed by atoms with van der Waals surface area (Å²) in [5.41, 5.74) is 3.68. The third kappa shape index (κ3) is 4.63. The van der Waals surface area contributed by atoms with Crippen LogP contribution < -0.4 is 10.1 Å². The lowest BCUT2D eigenvalue weighted by Gasteiger charge is -2.11. The number of carbonyl (C=O) groups is 1. The minimum absolute atomic E-state index is 0.0847. The molecule has 2 aromatic rings. The van der Waals surface area contributed by atoms with E-state index in [1.807, 2.05) is 47.0 Å². The number of carbonyl (C=O) groups excluding carboxylic acids is 1. The van der Waals surface area contributed by atoms with Crippen LogP contribution in [0.1, 0.15) is 30.2 Å². The van der Waals surface area contributed by atoms with Gasteiger partial charge in [0.05, 0.1) is 7.11 Å². The van der Waals surface area contributed by atoms with Gasteiger partial charge in [0.25, 0.3) is 0 Å². The lowest BCUT2D eigenvalue weighted by atomic mass is 10.0. The number of rotatable bonds is 7. The van der Waals surface area contributed by atoms with E-state index in [-0.39, 0.29) is 5.91 Å². The Morgan fingerprint density at radius 2 is 2.04 bits per heavy atom. The van der Waals surface area contributed by atoms with Crippen LogP contribution in [-0.2, 0) is 4.79 Å². The number of aryl methyl sites for hydroxylation is 2. The van der Waals surface area contributed by atoms with Gasteiger partial charge in [-0.3, -0.25) is 4.79 Å². The van der Waals surface area contributed by atoms with E-state index in [0.29, 0.717) is 12.3 Å². The van der Waals surface area contributed by atoms with Gasteiger partial charge in [0.15, 0.2) is 0 Å². The van der Waals surface area contributed by atoms with Crippen molar-refractivity contribution in [3.8, 4) is 5.75 Å². The largest absolute Gasteiger partial charge is 0.496 e. The number of amides is 1. The highest BCUT2D eigenvalue weighted by atomic mass is 16.5. The Morgan fingerprint density at radius 3 is 2.68 bits per heavy atom. The normalized spacial score (nSPS) is 12.0. The minimum Gasteiger partial charge on any atom is -0.496 e. The summed E-state index contributed by atoms with van der Waals surface area (Å²) >= 11 is 0. The number of hydrogen-bond acceptors (Lipinski definition) is 4. The fraction of sp³-hybridized carbons (Fsp3) is 0.450. The molecule has 0 bridgehead atoms. The Bertz CT molecular complexity index is 788. The summed E-state index contributed by atoms with van der Waals surface area (Å²) in [5.74, 6) is 1.52. The van der Waals surface area contributed by atoms with Crippen molar-refractivity contribution in [3.63, 3.8) is 0 Å². The maximum absolute atomic E-state index is 12.1. The zero-order valence-corrected chi connectivity index (χ0v) is 16.0. The molecular formula is C20H28N2O3. The smallest absolute Gasteiger partial charge is 0.244 e. The SMILES string of the molecule is COc1cc2oc(C)c(C)c2cc1/C(C)=C/C(=O)NCCCN(C)C. The average molecular weight is 344 g/mol. The van der Waals surface area contributed by atoms with Crippen LogP contribution in [0.25, 0.3) is 16.5 Å². The molecule has 0 aliphatic rings. The van der Waals surface area contributed by atoms with Gasteiger partial charge in [0.1, 0.15) is 17.1 Å². The third-order valence-electron chi connectivity index (χ3n) is 4.35. The van der Waals surface area contributed by atoms with Crippen molar-refractivity contribution < 1.29 is 13.9 Å². The Labute approximate surface area is 149 Å². The van der Waals surface area contributed by atoms with Gasteiger partial charge in [-0.05, 0) is 65.0 Å². The Kier molecular flexibility index (Phi) is 6.26. The number of allylic oxidation sites excluding steroid dienone is 1. The molecule has 2 rings (SSSR count). The first-order valence-corrected chi connectivity index (χ1v) is 8.52. The predicted octanol–water partition coefficient (Wildman–Crippen LogP) is 3.53. The van der Waals surface area contributed by atoms with Crippen molar-refractivity contribution in [2.24, 2.45) is 0 Å². The maximum atomic E-state index is 12.1. The van der Waals surface area contributed by atoms with Crippen molar-refractivity contribution in [2.45, 2.75) is 27.2 Å². The molecule has 1 N–H and O–H groups in total. The molecule has 25 heavy (non-hydrogen) atoms. The highest BCUT2D eigenvalue weighted by Crippen LogP contribution is 2.34. The first kappa shape index (κ1) is 19.1. The molecule has 0 radical (unpaired) electrons. The second-order valence-electron chi connectivity index (χ2n) is 6.61. The molecule has 0 fully saturated rings. The number of hydrogen-bond donors (Lipinski definition) is 1. The van der Waals surface area contributed by atoms with E-state index in [2.05, 4.69) is 10.2 Å². The van der Waals surface area contributed by atoms with Gasteiger partial charge in [-0.25, -0.2) is 0 Å². The van der Waals surface area contributed by atoms with Crippen LogP contribution in [0.15, 0.2) is 22.6 Å². The van der Waals surface area contributed by atoms with Gasteiger partial charge in [-0.2, -0.15) is 0 Å². The Balaban J connectivity index is 2.20. The molecule has 1 aromatic heterocycles. The zero-order valence-electron chi connectivity index (χ0n) is 16.0. The van der Waals surface area contributed by atoms with Gasteiger partial charge in [-0.15, -0.1) is 0 Å². The Morgan fingerprint density at radius 1 is 1.32 bits per heavy atom. The number of ether oxygens (including phenoxy) is 1. The molecule has 5 nitrogen and oxygen atoms in total. The molecule has 0 saturated carbocycles. The van der Waals surface area contributed by atoms with Gasteiger partial charge >= 0.3 is 0 Å². The number of methoxy groups -OCH3 is 1. The molecule has 0 aliphatic heterocycles. The second kappa shape index (κ2) is 8.21. The maximum Gasteiger partial charge on any atom is 0.244 e. The van der Waals surface area contributed by atoms with Gasteiger partial charge < -0.3 is 19.4 Å². The third-order valence-corrected chi connectivity index (χ3v) is 4.35. The van der Waals surface area contributed by atoms with Crippen molar-refractivity contribution in [2.75, 3.05) is 34.3 Å². The standard InChI is InChI=1S/C20H28N2O3/c1-13(10-20(23)21-8-7-9-22(4)5)16-11-17-14(2)15(3)25-19(17)12-18(16)24-6/h10-12H,7-9H2,1-6H3,(H,21,23)/b13-10+. The molecule has 0 saturated heterocycles. The van der Waals surface area contributed by atoms with Crippen molar-refractivity contribution in [3.05, 3.63) is 35.1 Å². The summed E-state index contributed by atoms with van der Waals surface area (Å²) in [6, 6.07) is 3.92. The van der Waals surface area contributed by atoms with Crippen LogP contribution in [0.4, 0.5) is 0 Å². The van der Waals surface area contributed by atoms with E-state index in [0.717, 1.165) is 46.4 Å². The first-order valence-electron chi connectivity index (χ1n) is 8.52. The summed E-state index contributed by atoms with van der Waals surface area (Å²) in [7, 11) is 5.67. The molecular weight excluding hydrogens is 316 g/mol. The van der Waals surface area contributed by atoms with Crippen LogP contribution >= 0.6 is 0 Å². The topological polar surface area (TPSA) is 54.7 Å². The lowest BCUT2D eigenvalue weighted by Crippen LogP contribution is -2.25. The number of nitrogens with zero attached hydrogens (tertiary/aromatic N) is 1. The summed E-state index contributed by atoms with van der Waals surface area (Å²) in [6.07, 6.45) is 2.55. The van der Waals surface area contributed by atoms with Crippen LogP contribution in [0.5, 0.6) is 5.75 Å².